The zero-order valence-electron chi connectivity index (χ0n) is 16.1. The van der Waals surface area contributed by atoms with Crippen molar-refractivity contribution in [1.29, 1.82) is 0 Å². The third kappa shape index (κ3) is 4.22. The summed E-state index contributed by atoms with van der Waals surface area (Å²) in [5, 5.41) is 10.1. The highest BCUT2D eigenvalue weighted by atomic mass is 35.5. The summed E-state index contributed by atoms with van der Waals surface area (Å²) in [6.45, 7) is 1.25. The number of nitrogens with zero attached hydrogens (tertiary/aromatic N) is 3. The zero-order valence-corrected chi connectivity index (χ0v) is 16.9. The average Bonchev–Trinajstić information content (AvgIpc) is 3.17. The van der Waals surface area contributed by atoms with Crippen molar-refractivity contribution in [3.8, 4) is 5.88 Å². The quantitative estimate of drug-likeness (QED) is 0.638. The molecule has 0 fully saturated rings. The zero-order chi connectivity index (χ0) is 21.1. The number of ether oxygens (including phenoxy) is 2. The number of benzene rings is 1. The fourth-order valence-electron chi connectivity index (χ4n) is 3.17. The largest absolute Gasteiger partial charge is 0.481 e. The first-order valence-electron chi connectivity index (χ1n) is 9.21. The van der Waals surface area contributed by atoms with Crippen molar-refractivity contribution in [1.82, 2.24) is 15.2 Å². The van der Waals surface area contributed by atoms with Crippen LogP contribution in [-0.4, -0.2) is 34.9 Å². The first-order chi connectivity index (χ1) is 14.5. The van der Waals surface area contributed by atoms with Crippen LogP contribution < -0.4 is 15.0 Å². The molecule has 1 aliphatic rings. The second-order valence-corrected chi connectivity index (χ2v) is 7.04. The highest BCUT2D eigenvalue weighted by molar-refractivity contribution is 6.31. The highest BCUT2D eigenvalue weighted by Gasteiger charge is 2.24. The minimum absolute atomic E-state index is 0.0801. The summed E-state index contributed by atoms with van der Waals surface area (Å²) in [6.07, 6.45) is 2.29. The molecule has 4 rings (SSSR count). The third-order valence-electron chi connectivity index (χ3n) is 4.74. The van der Waals surface area contributed by atoms with Crippen LogP contribution in [-0.2, 0) is 24.3 Å². The normalized spacial score (nSPS) is 12.9. The van der Waals surface area contributed by atoms with Gasteiger partial charge in [-0.1, -0.05) is 11.6 Å². The van der Waals surface area contributed by atoms with E-state index in [2.05, 4.69) is 20.5 Å². The minimum atomic E-state index is -0.562. The van der Waals surface area contributed by atoms with Crippen LogP contribution in [0.4, 0.5) is 20.6 Å². The fourth-order valence-corrected chi connectivity index (χ4v) is 3.35. The number of anilines is 2. The van der Waals surface area contributed by atoms with Gasteiger partial charge in [-0.2, -0.15) is 5.10 Å². The summed E-state index contributed by atoms with van der Waals surface area (Å²) in [7, 11) is 1.50. The maximum absolute atomic E-state index is 13.5. The SMILES string of the molecule is COc1cc(N(Cc2n[nH]c3c2COCC3)C(=O)Nc2ccc(F)c(Cl)c2)ccn1. The third-order valence-corrected chi connectivity index (χ3v) is 5.03. The summed E-state index contributed by atoms with van der Waals surface area (Å²) < 4.78 is 24.2. The predicted molar refractivity (Wildman–Crippen MR) is 109 cm³/mol. The maximum Gasteiger partial charge on any atom is 0.326 e. The molecule has 1 aliphatic heterocycles. The molecule has 10 heteroatoms. The van der Waals surface area contributed by atoms with E-state index in [1.165, 1.54) is 30.2 Å². The molecule has 0 radical (unpaired) electrons. The lowest BCUT2D eigenvalue weighted by Gasteiger charge is -2.24. The number of hydrogen-bond acceptors (Lipinski definition) is 5. The highest BCUT2D eigenvalue weighted by Crippen LogP contribution is 2.26. The Morgan fingerprint density at radius 3 is 3.07 bits per heavy atom. The maximum atomic E-state index is 13.5. The van der Waals surface area contributed by atoms with E-state index in [1.54, 1.807) is 18.3 Å². The molecule has 1 aromatic carbocycles. The number of hydrogen-bond donors (Lipinski definition) is 2. The molecular formula is C20H19ClFN5O3. The van der Waals surface area contributed by atoms with Crippen molar-refractivity contribution in [2.75, 3.05) is 23.9 Å². The van der Waals surface area contributed by atoms with Crippen LogP contribution in [0.2, 0.25) is 5.02 Å². The molecule has 0 spiro atoms. The Bertz CT molecular complexity index is 1070. The lowest BCUT2D eigenvalue weighted by atomic mass is 10.1. The topological polar surface area (TPSA) is 92.4 Å². The van der Waals surface area contributed by atoms with Crippen LogP contribution in [0, 0.1) is 5.82 Å². The Morgan fingerprint density at radius 1 is 1.40 bits per heavy atom. The minimum Gasteiger partial charge on any atom is -0.481 e. The van der Waals surface area contributed by atoms with Gasteiger partial charge in [0.25, 0.3) is 0 Å². The van der Waals surface area contributed by atoms with E-state index in [0.29, 0.717) is 36.2 Å². The van der Waals surface area contributed by atoms with Crippen LogP contribution >= 0.6 is 11.6 Å². The number of H-pyrrole nitrogens is 1. The van der Waals surface area contributed by atoms with Gasteiger partial charge in [0.15, 0.2) is 0 Å². The summed E-state index contributed by atoms with van der Waals surface area (Å²) in [5.74, 6) is -0.198. The number of carbonyl (C=O) groups excluding carboxylic acids is 1. The van der Waals surface area contributed by atoms with Gasteiger partial charge in [-0.25, -0.2) is 14.2 Å². The summed E-state index contributed by atoms with van der Waals surface area (Å²) in [5.41, 5.74) is 3.58. The summed E-state index contributed by atoms with van der Waals surface area (Å²) >= 11 is 5.84. The number of aromatic nitrogens is 3. The molecule has 156 valence electrons. The molecule has 2 aromatic heterocycles. The molecule has 3 heterocycles. The number of halogens is 2. The van der Waals surface area contributed by atoms with E-state index in [0.717, 1.165) is 17.7 Å². The molecule has 30 heavy (non-hydrogen) atoms. The number of fused-ring (bicyclic) bond motifs is 1. The molecular weight excluding hydrogens is 413 g/mol. The first-order valence-corrected chi connectivity index (χ1v) is 9.59. The van der Waals surface area contributed by atoms with Crippen LogP contribution in [0.3, 0.4) is 0 Å². The van der Waals surface area contributed by atoms with Crippen LogP contribution in [0.1, 0.15) is 17.0 Å². The van der Waals surface area contributed by atoms with E-state index < -0.39 is 11.8 Å². The van der Waals surface area contributed by atoms with Crippen LogP contribution in [0.5, 0.6) is 5.88 Å². The Morgan fingerprint density at radius 2 is 2.27 bits per heavy atom. The van der Waals surface area contributed by atoms with Gasteiger partial charge in [-0.05, 0) is 24.3 Å². The smallest absolute Gasteiger partial charge is 0.326 e. The Hall–Kier alpha value is -3.17. The van der Waals surface area contributed by atoms with Crippen molar-refractivity contribution in [2.24, 2.45) is 0 Å². The lowest BCUT2D eigenvalue weighted by molar-refractivity contribution is 0.109. The monoisotopic (exact) mass is 431 g/mol. The number of nitrogens with one attached hydrogen (secondary N) is 2. The predicted octanol–water partition coefficient (Wildman–Crippen LogP) is 3.92. The first kappa shape index (κ1) is 20.1. The number of carbonyl (C=O) groups is 1. The number of methoxy groups -OCH3 is 1. The van der Waals surface area contributed by atoms with Crippen molar-refractivity contribution in [3.05, 3.63) is 64.3 Å². The van der Waals surface area contributed by atoms with Crippen LogP contribution in [0.25, 0.3) is 0 Å². The number of rotatable bonds is 5. The summed E-state index contributed by atoms with van der Waals surface area (Å²) in [6, 6.07) is 6.87. The van der Waals surface area contributed by atoms with Gasteiger partial charge in [0.1, 0.15) is 5.82 Å². The molecule has 8 nitrogen and oxygen atoms in total. The molecule has 2 amide bonds. The molecule has 0 saturated carbocycles. The molecule has 0 unspecified atom stereocenters. The molecule has 0 atom stereocenters. The van der Waals surface area contributed by atoms with Crippen molar-refractivity contribution < 1.29 is 18.7 Å². The summed E-state index contributed by atoms with van der Waals surface area (Å²) in [4.78, 5) is 18.7. The van der Waals surface area contributed by atoms with Crippen molar-refractivity contribution >= 4 is 29.0 Å². The average molecular weight is 432 g/mol. The van der Waals surface area contributed by atoms with Gasteiger partial charge < -0.3 is 14.8 Å². The van der Waals surface area contributed by atoms with Gasteiger partial charge in [0.05, 0.1) is 43.3 Å². The molecule has 0 saturated heterocycles. The Balaban J connectivity index is 1.65. The van der Waals surface area contributed by atoms with Gasteiger partial charge in [0.2, 0.25) is 5.88 Å². The molecule has 0 bridgehead atoms. The van der Waals surface area contributed by atoms with Gasteiger partial charge in [-0.15, -0.1) is 0 Å². The molecule has 3 aromatic rings. The van der Waals surface area contributed by atoms with Crippen molar-refractivity contribution in [2.45, 2.75) is 19.6 Å². The number of urea groups is 1. The Kier molecular flexibility index (Phi) is 5.82. The van der Waals surface area contributed by atoms with E-state index in [4.69, 9.17) is 21.1 Å². The van der Waals surface area contributed by atoms with Crippen LogP contribution in [0.15, 0.2) is 36.5 Å². The van der Waals surface area contributed by atoms with Gasteiger partial charge >= 0.3 is 6.03 Å². The van der Waals surface area contributed by atoms with Gasteiger partial charge in [0, 0.05) is 35.6 Å². The number of amides is 2. The number of aromatic amines is 1. The molecule has 2 N–H and O–H groups in total. The fraction of sp³-hybridized carbons (Fsp3) is 0.250. The van der Waals surface area contributed by atoms with Gasteiger partial charge in [-0.3, -0.25) is 10.00 Å². The van der Waals surface area contributed by atoms with E-state index >= 15 is 0 Å². The second-order valence-electron chi connectivity index (χ2n) is 6.63. The van der Waals surface area contributed by atoms with E-state index in [-0.39, 0.29) is 11.6 Å². The lowest BCUT2D eigenvalue weighted by Crippen LogP contribution is -2.35. The van der Waals surface area contributed by atoms with E-state index in [9.17, 15) is 9.18 Å². The number of pyridine rings is 1. The van der Waals surface area contributed by atoms with Crippen molar-refractivity contribution in [3.63, 3.8) is 0 Å². The molecule has 0 aliphatic carbocycles. The van der Waals surface area contributed by atoms with E-state index in [1.807, 2.05) is 0 Å². The second kappa shape index (κ2) is 8.68. The standard InChI is InChI=1S/C20H19ClFN5O3/c1-29-19-9-13(4-6-23-19)27(10-18-14-11-30-7-5-17(14)25-26-18)20(28)24-12-2-3-16(22)15(21)8-12/h2-4,6,8-9H,5,7,10-11H2,1H3,(H,24,28)(H,25,26). The Labute approximate surface area is 177 Å².